The smallest absolute Gasteiger partial charge is 0.117 e. The van der Waals surface area contributed by atoms with Crippen molar-refractivity contribution in [2.75, 3.05) is 20.3 Å². The minimum Gasteiger partial charge on any atom is -0.368 e. The molecular weight excluding hydrogens is 181 g/mol. The van der Waals surface area contributed by atoms with Gasteiger partial charge in [-0.3, -0.25) is 0 Å². The monoisotopic (exact) mass is 203 g/mol. The molecule has 1 heterocycles. The van der Waals surface area contributed by atoms with Crippen LogP contribution in [0.3, 0.4) is 0 Å². The number of hydrogen-bond acceptors (Lipinski definition) is 2. The Labute approximate surface area is 86.4 Å². The first-order valence-electron chi connectivity index (χ1n) is 5.38. The number of halogens is 1. The molecule has 1 unspecified atom stereocenters. The van der Waals surface area contributed by atoms with E-state index >= 15 is 0 Å². The molecule has 1 aliphatic rings. The molecule has 1 rings (SSSR count). The Balaban J connectivity index is 2.53. The Bertz CT molecular complexity index is 179. The van der Waals surface area contributed by atoms with E-state index in [0.29, 0.717) is 0 Å². The number of likely N-dealkylation sites (N-methyl/N-ethyl adjacent to an activating group) is 1. The number of hydrogen-bond donors (Lipinski definition) is 0. The van der Waals surface area contributed by atoms with E-state index < -0.39 is 0 Å². The van der Waals surface area contributed by atoms with Crippen molar-refractivity contribution in [2.45, 2.75) is 51.4 Å². The summed E-state index contributed by atoms with van der Waals surface area (Å²) >= 11 is 0. The van der Waals surface area contributed by atoms with E-state index in [1.807, 2.05) is 27.8 Å². The molecule has 84 valence electrons. The van der Waals surface area contributed by atoms with E-state index in [1.165, 1.54) is 0 Å². The fraction of sp³-hybridized carbons (Fsp3) is 1.00. The van der Waals surface area contributed by atoms with Gasteiger partial charge in [0.2, 0.25) is 0 Å². The highest BCUT2D eigenvalue weighted by Gasteiger charge is 2.32. The average Bonchev–Trinajstić information content (AvgIpc) is 2.45. The molecular formula is C11H22FNO. The number of ether oxygens (including phenoxy) is 1. The molecule has 0 N–H and O–H groups in total. The Morgan fingerprint density at radius 3 is 2.50 bits per heavy atom. The SMILES string of the molecule is CN1CCCC1[C@H](CF)OC(C)(C)C. The van der Waals surface area contributed by atoms with Gasteiger partial charge in [-0.05, 0) is 47.2 Å². The second-order valence-corrected chi connectivity index (χ2v) is 5.11. The van der Waals surface area contributed by atoms with Crippen LogP contribution in [0.2, 0.25) is 0 Å². The van der Waals surface area contributed by atoms with Gasteiger partial charge in [0.15, 0.2) is 0 Å². The molecule has 1 saturated heterocycles. The van der Waals surface area contributed by atoms with Crippen LogP contribution in [0, 0.1) is 0 Å². The van der Waals surface area contributed by atoms with Crippen molar-refractivity contribution >= 4 is 0 Å². The summed E-state index contributed by atoms with van der Waals surface area (Å²) in [5, 5.41) is 0. The fourth-order valence-electron chi connectivity index (χ4n) is 2.07. The molecule has 0 aromatic carbocycles. The second kappa shape index (κ2) is 4.58. The highest BCUT2D eigenvalue weighted by molar-refractivity contribution is 4.85. The zero-order chi connectivity index (χ0) is 10.8. The predicted octanol–water partition coefficient (Wildman–Crippen LogP) is 2.23. The summed E-state index contributed by atoms with van der Waals surface area (Å²) in [5.41, 5.74) is -0.250. The summed E-state index contributed by atoms with van der Waals surface area (Å²) in [4.78, 5) is 2.20. The zero-order valence-electron chi connectivity index (χ0n) is 9.72. The summed E-state index contributed by atoms with van der Waals surface area (Å²) in [6.45, 7) is 6.61. The summed E-state index contributed by atoms with van der Waals surface area (Å²) in [6.07, 6.45) is 1.95. The Hall–Kier alpha value is -0.150. The van der Waals surface area contributed by atoms with Gasteiger partial charge < -0.3 is 9.64 Å². The standard InChI is InChI=1S/C11H22FNO/c1-11(2,3)14-10(8-12)9-6-5-7-13(9)4/h9-10H,5-8H2,1-4H3/t9?,10-/m0/s1. The van der Waals surface area contributed by atoms with Gasteiger partial charge in [-0.1, -0.05) is 0 Å². The molecule has 0 spiro atoms. The molecule has 0 aliphatic carbocycles. The maximum absolute atomic E-state index is 12.9. The van der Waals surface area contributed by atoms with Gasteiger partial charge in [-0.2, -0.15) is 0 Å². The molecule has 0 saturated carbocycles. The molecule has 14 heavy (non-hydrogen) atoms. The van der Waals surface area contributed by atoms with Crippen molar-refractivity contribution < 1.29 is 9.13 Å². The maximum atomic E-state index is 12.9. The normalized spacial score (nSPS) is 26.8. The second-order valence-electron chi connectivity index (χ2n) is 5.11. The van der Waals surface area contributed by atoms with E-state index in [9.17, 15) is 4.39 Å². The Morgan fingerprint density at radius 2 is 2.14 bits per heavy atom. The van der Waals surface area contributed by atoms with E-state index in [4.69, 9.17) is 4.74 Å². The van der Waals surface area contributed by atoms with Gasteiger partial charge in [0, 0.05) is 6.04 Å². The molecule has 1 fully saturated rings. The minimum absolute atomic E-state index is 0.250. The van der Waals surface area contributed by atoms with E-state index in [1.54, 1.807) is 0 Å². The molecule has 0 bridgehead atoms. The third-order valence-corrected chi connectivity index (χ3v) is 2.66. The van der Waals surface area contributed by atoms with Crippen molar-refractivity contribution in [3.05, 3.63) is 0 Å². The number of likely N-dealkylation sites (tertiary alicyclic amines) is 1. The van der Waals surface area contributed by atoms with Crippen molar-refractivity contribution in [1.29, 1.82) is 0 Å². The number of nitrogens with zero attached hydrogens (tertiary/aromatic N) is 1. The van der Waals surface area contributed by atoms with Crippen LogP contribution < -0.4 is 0 Å². The van der Waals surface area contributed by atoms with Gasteiger partial charge in [0.25, 0.3) is 0 Å². The minimum atomic E-state index is -0.383. The topological polar surface area (TPSA) is 12.5 Å². The van der Waals surface area contributed by atoms with E-state index in [0.717, 1.165) is 19.4 Å². The van der Waals surface area contributed by atoms with Gasteiger partial charge in [0.1, 0.15) is 12.8 Å². The van der Waals surface area contributed by atoms with Crippen LogP contribution in [-0.4, -0.2) is 42.9 Å². The molecule has 2 nitrogen and oxygen atoms in total. The highest BCUT2D eigenvalue weighted by Crippen LogP contribution is 2.23. The van der Waals surface area contributed by atoms with Crippen LogP contribution >= 0.6 is 0 Å². The van der Waals surface area contributed by atoms with Crippen LogP contribution in [0.1, 0.15) is 33.6 Å². The van der Waals surface area contributed by atoms with Gasteiger partial charge in [-0.25, -0.2) is 4.39 Å². The first kappa shape index (κ1) is 11.9. The molecule has 0 aromatic heterocycles. The average molecular weight is 203 g/mol. The third-order valence-electron chi connectivity index (χ3n) is 2.66. The number of rotatable bonds is 3. The first-order chi connectivity index (χ1) is 6.44. The summed E-state index contributed by atoms with van der Waals surface area (Å²) in [5.74, 6) is 0. The van der Waals surface area contributed by atoms with Crippen LogP contribution in [-0.2, 0) is 4.74 Å². The van der Waals surface area contributed by atoms with Gasteiger partial charge >= 0.3 is 0 Å². The lowest BCUT2D eigenvalue weighted by atomic mass is 10.1. The lowest BCUT2D eigenvalue weighted by molar-refractivity contribution is -0.0945. The van der Waals surface area contributed by atoms with Gasteiger partial charge in [0.05, 0.1) is 5.60 Å². The zero-order valence-corrected chi connectivity index (χ0v) is 9.72. The Morgan fingerprint density at radius 1 is 1.50 bits per heavy atom. The predicted molar refractivity (Wildman–Crippen MR) is 56.3 cm³/mol. The molecule has 0 radical (unpaired) electrons. The fourth-order valence-corrected chi connectivity index (χ4v) is 2.07. The van der Waals surface area contributed by atoms with Crippen molar-refractivity contribution in [1.82, 2.24) is 4.90 Å². The summed E-state index contributed by atoms with van der Waals surface area (Å²) < 4.78 is 18.6. The lowest BCUT2D eigenvalue weighted by Crippen LogP contribution is -2.43. The quantitative estimate of drug-likeness (QED) is 0.697. The van der Waals surface area contributed by atoms with Crippen LogP contribution in [0.4, 0.5) is 4.39 Å². The van der Waals surface area contributed by atoms with Crippen molar-refractivity contribution in [3.63, 3.8) is 0 Å². The highest BCUT2D eigenvalue weighted by atomic mass is 19.1. The number of alkyl halides is 1. The van der Waals surface area contributed by atoms with E-state index in [-0.39, 0.29) is 24.4 Å². The molecule has 0 aromatic rings. The Kier molecular flexibility index (Phi) is 3.90. The molecule has 1 aliphatic heterocycles. The third kappa shape index (κ3) is 3.21. The van der Waals surface area contributed by atoms with Crippen LogP contribution in [0.5, 0.6) is 0 Å². The maximum Gasteiger partial charge on any atom is 0.117 e. The summed E-state index contributed by atoms with van der Waals surface area (Å²) in [6, 6.07) is 0.263. The van der Waals surface area contributed by atoms with Crippen LogP contribution in [0.25, 0.3) is 0 Å². The summed E-state index contributed by atoms with van der Waals surface area (Å²) in [7, 11) is 2.05. The lowest BCUT2D eigenvalue weighted by Gasteiger charge is -2.32. The van der Waals surface area contributed by atoms with Crippen molar-refractivity contribution in [2.24, 2.45) is 0 Å². The van der Waals surface area contributed by atoms with Gasteiger partial charge in [-0.15, -0.1) is 0 Å². The first-order valence-corrected chi connectivity index (χ1v) is 5.38. The van der Waals surface area contributed by atoms with Crippen LogP contribution in [0.15, 0.2) is 0 Å². The largest absolute Gasteiger partial charge is 0.368 e. The van der Waals surface area contributed by atoms with E-state index in [2.05, 4.69) is 4.90 Å². The van der Waals surface area contributed by atoms with Crippen molar-refractivity contribution in [3.8, 4) is 0 Å². The molecule has 2 atom stereocenters. The molecule has 3 heteroatoms. The molecule has 0 amide bonds.